The van der Waals surface area contributed by atoms with Crippen molar-refractivity contribution < 1.29 is 0 Å². The molecule has 0 spiro atoms. The highest BCUT2D eigenvalue weighted by Crippen LogP contribution is 2.18. The quantitative estimate of drug-likeness (QED) is 0.822. The van der Waals surface area contributed by atoms with Gasteiger partial charge in [-0.2, -0.15) is 0 Å². The van der Waals surface area contributed by atoms with Gasteiger partial charge in [0.05, 0.1) is 8.07 Å². The molecule has 2 aromatic rings. The first-order valence-electron chi connectivity index (χ1n) is 5.79. The lowest BCUT2D eigenvalue weighted by Crippen LogP contribution is -2.37. The Bertz CT molecular complexity index is 495. The minimum absolute atomic E-state index is 0.562. The molecule has 0 amide bonds. The van der Waals surface area contributed by atoms with Crippen LogP contribution >= 0.6 is 0 Å². The number of pyridine rings is 1. The largest absolute Gasteiger partial charge is 0.384 e. The fourth-order valence-electron chi connectivity index (χ4n) is 1.74. The molecule has 2 N–H and O–H groups in total. The van der Waals surface area contributed by atoms with Crippen LogP contribution in [0.2, 0.25) is 19.6 Å². The van der Waals surface area contributed by atoms with E-state index in [9.17, 15) is 0 Å². The van der Waals surface area contributed by atoms with Crippen molar-refractivity contribution in [3.63, 3.8) is 0 Å². The number of hydrogen-bond acceptors (Lipinski definition) is 2. The highest BCUT2D eigenvalue weighted by molar-refractivity contribution is 6.88. The molecule has 0 unspecified atom stereocenters. The number of rotatable bonds is 2. The van der Waals surface area contributed by atoms with Gasteiger partial charge in [-0.3, -0.25) is 0 Å². The van der Waals surface area contributed by atoms with E-state index in [4.69, 9.17) is 5.73 Å². The fraction of sp³-hybridized carbons (Fsp3) is 0.214. The second kappa shape index (κ2) is 4.34. The molecule has 0 saturated heterocycles. The number of nitrogen functional groups attached to an aromatic ring is 1. The van der Waals surface area contributed by atoms with E-state index in [2.05, 4.69) is 48.9 Å². The summed E-state index contributed by atoms with van der Waals surface area (Å²) in [6.45, 7) is 7.06. The van der Waals surface area contributed by atoms with Gasteiger partial charge in [0.1, 0.15) is 5.82 Å². The van der Waals surface area contributed by atoms with Crippen LogP contribution in [-0.4, -0.2) is 13.1 Å². The third-order valence-electron chi connectivity index (χ3n) is 2.87. The average Bonchev–Trinajstić information content (AvgIpc) is 2.29. The molecule has 0 fully saturated rings. The Kier molecular flexibility index (Phi) is 3.02. The van der Waals surface area contributed by atoms with Gasteiger partial charge in [-0.1, -0.05) is 49.1 Å². The first-order valence-corrected chi connectivity index (χ1v) is 9.29. The van der Waals surface area contributed by atoms with Gasteiger partial charge in [0.25, 0.3) is 0 Å². The van der Waals surface area contributed by atoms with Crippen LogP contribution in [0.5, 0.6) is 0 Å². The molecule has 2 nitrogen and oxygen atoms in total. The maximum atomic E-state index is 5.58. The van der Waals surface area contributed by atoms with Crippen LogP contribution in [0.3, 0.4) is 0 Å². The number of anilines is 1. The van der Waals surface area contributed by atoms with E-state index in [-0.39, 0.29) is 0 Å². The molecule has 0 saturated carbocycles. The molecular formula is C14H18N2Si. The summed E-state index contributed by atoms with van der Waals surface area (Å²) in [6.07, 6.45) is 1.82. The van der Waals surface area contributed by atoms with Gasteiger partial charge in [-0.05, 0) is 17.7 Å². The lowest BCUT2D eigenvalue weighted by atomic mass is 10.1. The first-order chi connectivity index (χ1) is 7.97. The molecule has 1 heterocycles. The van der Waals surface area contributed by atoms with Crippen molar-refractivity contribution in [1.29, 1.82) is 0 Å². The molecule has 17 heavy (non-hydrogen) atoms. The standard InChI is InChI=1S/C14H18N2Si/c1-17(2,3)13-7-4-11(5-8-13)12-6-9-14(15)16-10-12/h4-10H,1-3H3,(H2,15,16). The molecule has 0 aliphatic carbocycles. The second-order valence-electron chi connectivity index (χ2n) is 5.30. The summed E-state index contributed by atoms with van der Waals surface area (Å²) in [5.41, 5.74) is 7.89. The molecule has 1 aromatic carbocycles. The average molecular weight is 242 g/mol. The van der Waals surface area contributed by atoms with E-state index in [1.54, 1.807) is 0 Å². The van der Waals surface area contributed by atoms with Crippen LogP contribution in [0.15, 0.2) is 42.6 Å². The van der Waals surface area contributed by atoms with Crippen LogP contribution in [0.4, 0.5) is 5.82 Å². The number of aromatic nitrogens is 1. The number of benzene rings is 1. The van der Waals surface area contributed by atoms with Crippen molar-refractivity contribution in [3.8, 4) is 11.1 Å². The smallest absolute Gasteiger partial charge is 0.123 e. The van der Waals surface area contributed by atoms with Crippen LogP contribution in [0, 0.1) is 0 Å². The summed E-state index contributed by atoms with van der Waals surface area (Å²) in [5.74, 6) is 0.562. The Hall–Kier alpha value is -1.61. The molecule has 0 aliphatic rings. The number of hydrogen-bond donors (Lipinski definition) is 1. The van der Waals surface area contributed by atoms with Crippen LogP contribution in [-0.2, 0) is 0 Å². The first kappa shape index (κ1) is 11.9. The Morgan fingerprint density at radius 3 is 1.94 bits per heavy atom. The zero-order valence-electron chi connectivity index (χ0n) is 10.6. The van der Waals surface area contributed by atoms with E-state index in [0.717, 1.165) is 5.56 Å². The molecule has 0 bridgehead atoms. The van der Waals surface area contributed by atoms with E-state index in [1.165, 1.54) is 10.8 Å². The second-order valence-corrected chi connectivity index (χ2v) is 10.4. The fourth-order valence-corrected chi connectivity index (χ4v) is 2.91. The Morgan fingerprint density at radius 1 is 0.882 bits per heavy atom. The minimum Gasteiger partial charge on any atom is -0.384 e. The molecule has 2 rings (SSSR count). The van der Waals surface area contributed by atoms with Gasteiger partial charge < -0.3 is 5.73 Å². The number of nitrogens with two attached hydrogens (primary N) is 1. The minimum atomic E-state index is -1.20. The Labute approximate surface area is 104 Å². The van der Waals surface area contributed by atoms with E-state index >= 15 is 0 Å². The molecule has 1 aromatic heterocycles. The topological polar surface area (TPSA) is 38.9 Å². The maximum absolute atomic E-state index is 5.58. The maximum Gasteiger partial charge on any atom is 0.123 e. The van der Waals surface area contributed by atoms with Crippen LogP contribution < -0.4 is 10.9 Å². The van der Waals surface area contributed by atoms with Gasteiger partial charge in [-0.25, -0.2) is 4.98 Å². The third-order valence-corrected chi connectivity index (χ3v) is 4.94. The summed E-state index contributed by atoms with van der Waals surface area (Å²) in [5, 5.41) is 1.48. The van der Waals surface area contributed by atoms with Crippen molar-refractivity contribution >= 4 is 19.1 Å². The molecule has 0 aliphatic heterocycles. The number of nitrogens with zero attached hydrogens (tertiary/aromatic N) is 1. The lowest BCUT2D eigenvalue weighted by molar-refractivity contribution is 1.34. The van der Waals surface area contributed by atoms with Gasteiger partial charge in [0.15, 0.2) is 0 Å². The van der Waals surface area contributed by atoms with Gasteiger partial charge in [0.2, 0.25) is 0 Å². The Morgan fingerprint density at radius 2 is 1.47 bits per heavy atom. The van der Waals surface area contributed by atoms with Crippen molar-refractivity contribution in [2.45, 2.75) is 19.6 Å². The SMILES string of the molecule is C[Si](C)(C)c1ccc(-c2ccc(N)nc2)cc1. The van der Waals surface area contributed by atoms with Crippen molar-refractivity contribution in [1.82, 2.24) is 4.98 Å². The van der Waals surface area contributed by atoms with Gasteiger partial charge in [0, 0.05) is 11.8 Å². The van der Waals surface area contributed by atoms with Crippen LogP contribution in [0.1, 0.15) is 0 Å². The summed E-state index contributed by atoms with van der Waals surface area (Å²) in [4.78, 5) is 4.11. The summed E-state index contributed by atoms with van der Waals surface area (Å²) in [7, 11) is -1.20. The van der Waals surface area contributed by atoms with E-state index < -0.39 is 8.07 Å². The molecule has 3 heteroatoms. The van der Waals surface area contributed by atoms with Crippen molar-refractivity contribution in [2.75, 3.05) is 5.73 Å². The highest BCUT2D eigenvalue weighted by Gasteiger charge is 2.15. The Balaban J connectivity index is 2.33. The van der Waals surface area contributed by atoms with E-state index in [0.29, 0.717) is 5.82 Å². The summed E-state index contributed by atoms with van der Waals surface area (Å²) < 4.78 is 0. The van der Waals surface area contributed by atoms with Gasteiger partial charge in [-0.15, -0.1) is 0 Å². The molecular weight excluding hydrogens is 224 g/mol. The molecule has 88 valence electrons. The normalized spacial score (nSPS) is 11.5. The highest BCUT2D eigenvalue weighted by atomic mass is 28.3. The zero-order valence-corrected chi connectivity index (χ0v) is 11.6. The summed E-state index contributed by atoms with van der Waals surface area (Å²) >= 11 is 0. The molecule has 0 radical (unpaired) electrons. The van der Waals surface area contributed by atoms with Gasteiger partial charge >= 0.3 is 0 Å². The predicted octanol–water partition coefficient (Wildman–Crippen LogP) is 2.88. The monoisotopic (exact) mass is 242 g/mol. The summed E-state index contributed by atoms with van der Waals surface area (Å²) in [6, 6.07) is 12.6. The lowest BCUT2D eigenvalue weighted by Gasteiger charge is -2.16. The van der Waals surface area contributed by atoms with Crippen molar-refractivity contribution in [3.05, 3.63) is 42.6 Å². The van der Waals surface area contributed by atoms with E-state index in [1.807, 2.05) is 18.3 Å². The van der Waals surface area contributed by atoms with Crippen molar-refractivity contribution in [2.24, 2.45) is 0 Å². The third kappa shape index (κ3) is 2.74. The van der Waals surface area contributed by atoms with Crippen LogP contribution in [0.25, 0.3) is 11.1 Å². The predicted molar refractivity (Wildman–Crippen MR) is 77.1 cm³/mol. The zero-order chi connectivity index (χ0) is 12.5. The molecule has 0 atom stereocenters.